The number of anilines is 1. The van der Waals surface area contributed by atoms with Crippen molar-refractivity contribution in [3.8, 4) is 5.88 Å². The highest BCUT2D eigenvalue weighted by atomic mass is 35.5. The van der Waals surface area contributed by atoms with Crippen molar-refractivity contribution in [2.75, 3.05) is 12.8 Å². The predicted octanol–water partition coefficient (Wildman–Crippen LogP) is 1.98. The zero-order chi connectivity index (χ0) is 17.0. The fraction of sp³-hybridized carbons (Fsp3) is 0.417. The molecule has 1 heterocycles. The van der Waals surface area contributed by atoms with E-state index in [0.29, 0.717) is 0 Å². The molecule has 0 bridgehead atoms. The lowest BCUT2D eigenvalue weighted by Gasteiger charge is -2.17. The molecule has 7 nitrogen and oxygen atoms in total. The Kier molecular flexibility index (Phi) is 6.19. The zero-order valence-electron chi connectivity index (χ0n) is 11.9. The van der Waals surface area contributed by atoms with E-state index < -0.39 is 41.0 Å². The first-order valence-corrected chi connectivity index (χ1v) is 6.69. The maximum Gasteiger partial charge on any atom is 0.347 e. The van der Waals surface area contributed by atoms with E-state index in [1.807, 2.05) is 0 Å². The van der Waals surface area contributed by atoms with Crippen LogP contribution >= 0.6 is 23.2 Å². The number of methoxy groups -OCH3 is 1. The number of nitrogens with zero attached hydrogens (tertiary/aromatic N) is 1. The Bertz CT molecular complexity index is 599. The van der Waals surface area contributed by atoms with E-state index in [4.69, 9.17) is 38.4 Å². The van der Waals surface area contributed by atoms with Crippen molar-refractivity contribution in [1.82, 2.24) is 4.98 Å². The van der Waals surface area contributed by atoms with Crippen LogP contribution in [-0.4, -0.2) is 36.2 Å². The minimum Gasteiger partial charge on any atom is -0.466 e. The largest absolute Gasteiger partial charge is 0.466 e. The van der Waals surface area contributed by atoms with Gasteiger partial charge in [-0.15, -0.1) is 0 Å². The summed E-state index contributed by atoms with van der Waals surface area (Å²) >= 11 is 11.3. The van der Waals surface area contributed by atoms with Crippen LogP contribution in [0.5, 0.6) is 5.88 Å². The van der Waals surface area contributed by atoms with E-state index in [-0.39, 0.29) is 10.7 Å². The molecule has 122 valence electrons. The maximum atomic E-state index is 13.4. The third-order valence-corrected chi connectivity index (χ3v) is 3.21. The highest BCUT2D eigenvalue weighted by Gasteiger charge is 2.26. The summed E-state index contributed by atoms with van der Waals surface area (Å²) in [6.45, 7) is 2.62. The molecule has 2 N–H and O–H groups in total. The average molecular weight is 355 g/mol. The van der Waals surface area contributed by atoms with Crippen LogP contribution in [0.25, 0.3) is 0 Å². The summed E-state index contributed by atoms with van der Waals surface area (Å²) in [5, 5.41) is -0.695. The Hall–Kier alpha value is -1.80. The number of hydrogen-bond donors (Lipinski definition) is 1. The first-order valence-electron chi connectivity index (χ1n) is 5.94. The first kappa shape index (κ1) is 18.2. The molecule has 1 aromatic heterocycles. The number of halogens is 3. The van der Waals surface area contributed by atoms with Gasteiger partial charge in [0.25, 0.3) is 0 Å². The van der Waals surface area contributed by atoms with Crippen molar-refractivity contribution < 1.29 is 28.2 Å². The van der Waals surface area contributed by atoms with Crippen LogP contribution in [0.3, 0.4) is 0 Å². The Morgan fingerprint density at radius 1 is 1.18 bits per heavy atom. The quantitative estimate of drug-likeness (QED) is 0.637. The average Bonchev–Trinajstić information content (AvgIpc) is 2.49. The smallest absolute Gasteiger partial charge is 0.347 e. The molecule has 1 unspecified atom stereocenters. The van der Waals surface area contributed by atoms with Crippen LogP contribution in [0.15, 0.2) is 0 Å². The molecule has 22 heavy (non-hydrogen) atoms. The molecule has 1 aromatic rings. The van der Waals surface area contributed by atoms with Crippen molar-refractivity contribution in [3.63, 3.8) is 0 Å². The van der Waals surface area contributed by atoms with Gasteiger partial charge in [-0.2, -0.15) is 9.37 Å². The molecule has 0 aliphatic rings. The second-order valence-corrected chi connectivity index (χ2v) is 4.87. The molecule has 0 spiro atoms. The molecule has 0 amide bonds. The van der Waals surface area contributed by atoms with Gasteiger partial charge in [0, 0.05) is 0 Å². The van der Waals surface area contributed by atoms with Crippen LogP contribution < -0.4 is 10.5 Å². The lowest BCUT2D eigenvalue weighted by Crippen LogP contribution is -2.33. The molecule has 2 atom stereocenters. The molecular weight excluding hydrogens is 342 g/mol. The van der Waals surface area contributed by atoms with Crippen molar-refractivity contribution in [3.05, 3.63) is 16.0 Å². The van der Waals surface area contributed by atoms with E-state index >= 15 is 0 Å². The Morgan fingerprint density at radius 2 is 1.77 bits per heavy atom. The van der Waals surface area contributed by atoms with Gasteiger partial charge in [-0.1, -0.05) is 23.2 Å². The molecule has 10 heteroatoms. The molecule has 0 saturated heterocycles. The van der Waals surface area contributed by atoms with Gasteiger partial charge in [-0.3, -0.25) is 0 Å². The second kappa shape index (κ2) is 7.46. The number of carbonyl (C=O) groups is 2. The molecule has 0 fully saturated rings. The van der Waals surface area contributed by atoms with Gasteiger partial charge >= 0.3 is 11.9 Å². The topological polar surface area (TPSA) is 101 Å². The normalized spacial score (nSPS) is 13.2. The molecule has 0 aliphatic carbocycles. The lowest BCUT2D eigenvalue weighted by molar-refractivity contribution is -0.168. The second-order valence-electron chi connectivity index (χ2n) is 4.11. The van der Waals surface area contributed by atoms with E-state index in [9.17, 15) is 14.0 Å². The highest BCUT2D eigenvalue weighted by Crippen LogP contribution is 2.35. The monoisotopic (exact) mass is 354 g/mol. The fourth-order valence-corrected chi connectivity index (χ4v) is 1.65. The molecule has 0 saturated carbocycles. The van der Waals surface area contributed by atoms with Crippen LogP contribution in [0.2, 0.25) is 10.0 Å². The van der Waals surface area contributed by atoms with Gasteiger partial charge in [0.15, 0.2) is 12.2 Å². The van der Waals surface area contributed by atoms with Gasteiger partial charge in [-0.25, -0.2) is 9.59 Å². The van der Waals surface area contributed by atoms with Crippen molar-refractivity contribution in [1.29, 1.82) is 0 Å². The van der Waals surface area contributed by atoms with E-state index in [2.05, 4.69) is 9.72 Å². The minimum absolute atomic E-state index is 0.243. The number of esters is 2. The standard InChI is InChI=1S/C12H13Cl2FN2O5/c1-4(11(18)20-3)22-12(19)5(2)21-10-7(14)8(16)6(13)9(15)17-10/h4-5H,1-3H3,(H2,16,17)/t4?,5-/m1/s1. The molecule has 0 aliphatic heterocycles. The molecule has 0 radical (unpaired) electrons. The van der Waals surface area contributed by atoms with Gasteiger partial charge in [0.2, 0.25) is 11.8 Å². The number of aromatic nitrogens is 1. The lowest BCUT2D eigenvalue weighted by atomic mass is 10.3. The fourth-order valence-electron chi connectivity index (χ4n) is 1.29. The summed E-state index contributed by atoms with van der Waals surface area (Å²) in [6.07, 6.45) is -2.35. The maximum absolute atomic E-state index is 13.4. The summed E-state index contributed by atoms with van der Waals surface area (Å²) in [5.41, 5.74) is 5.20. The van der Waals surface area contributed by atoms with Gasteiger partial charge in [-0.05, 0) is 13.8 Å². The van der Waals surface area contributed by atoms with E-state index in [1.165, 1.54) is 13.8 Å². The van der Waals surface area contributed by atoms with E-state index in [1.54, 1.807) is 0 Å². The number of ether oxygens (including phenoxy) is 3. The number of pyridine rings is 1. The Labute approximate surface area is 135 Å². The third kappa shape index (κ3) is 4.11. The molecule has 0 aromatic carbocycles. The summed E-state index contributed by atoms with van der Waals surface area (Å²) in [6, 6.07) is 0. The SMILES string of the molecule is COC(=O)C(C)OC(=O)[C@@H](C)Oc1nc(F)c(Cl)c(N)c1Cl. The summed E-state index contributed by atoms with van der Waals surface area (Å²) in [7, 11) is 1.15. The predicted molar refractivity (Wildman–Crippen MR) is 76.3 cm³/mol. The summed E-state index contributed by atoms with van der Waals surface area (Å²) in [5.74, 6) is -3.15. The first-order chi connectivity index (χ1) is 10.2. The van der Waals surface area contributed by atoms with Crippen LogP contribution in [0, 0.1) is 5.95 Å². The van der Waals surface area contributed by atoms with E-state index in [0.717, 1.165) is 7.11 Å². The van der Waals surface area contributed by atoms with Crippen LogP contribution in [0.4, 0.5) is 10.1 Å². The third-order valence-electron chi connectivity index (χ3n) is 2.49. The van der Waals surface area contributed by atoms with Crippen molar-refractivity contribution in [2.45, 2.75) is 26.1 Å². The van der Waals surface area contributed by atoms with Gasteiger partial charge in [0.1, 0.15) is 10.0 Å². The number of nitrogens with two attached hydrogens (primary N) is 1. The van der Waals surface area contributed by atoms with Gasteiger partial charge < -0.3 is 19.9 Å². The van der Waals surface area contributed by atoms with Gasteiger partial charge in [0.05, 0.1) is 12.8 Å². The summed E-state index contributed by atoms with van der Waals surface area (Å²) < 4.78 is 27.7. The Morgan fingerprint density at radius 3 is 2.32 bits per heavy atom. The summed E-state index contributed by atoms with van der Waals surface area (Å²) in [4.78, 5) is 26.3. The number of rotatable bonds is 5. The molecular formula is C12H13Cl2FN2O5. The minimum atomic E-state index is -1.22. The van der Waals surface area contributed by atoms with Crippen molar-refractivity contribution in [2.24, 2.45) is 0 Å². The Balaban J connectivity index is 2.83. The van der Waals surface area contributed by atoms with Crippen molar-refractivity contribution >= 4 is 40.8 Å². The van der Waals surface area contributed by atoms with Crippen LogP contribution in [-0.2, 0) is 19.1 Å². The van der Waals surface area contributed by atoms with Crippen LogP contribution in [0.1, 0.15) is 13.8 Å². The number of nitrogen functional groups attached to an aromatic ring is 1. The molecule has 1 rings (SSSR count). The highest BCUT2D eigenvalue weighted by molar-refractivity contribution is 6.39. The zero-order valence-corrected chi connectivity index (χ0v) is 13.4. The number of carbonyl (C=O) groups excluding carboxylic acids is 2. The number of hydrogen-bond acceptors (Lipinski definition) is 7.